The Morgan fingerprint density at radius 3 is 2.67 bits per heavy atom. The Balaban J connectivity index is 2.45. The Labute approximate surface area is 134 Å². The van der Waals surface area contributed by atoms with E-state index < -0.39 is 0 Å². The minimum Gasteiger partial charge on any atom is -0.379 e. The van der Waals surface area contributed by atoms with Crippen molar-refractivity contribution in [3.05, 3.63) is 34.9 Å². The molecule has 0 heterocycles. The van der Waals surface area contributed by atoms with E-state index in [1.165, 1.54) is 0 Å². The molecule has 0 aliphatic heterocycles. The Hall–Kier alpha value is -0.610. The molecule has 0 amide bonds. The van der Waals surface area contributed by atoms with Crippen molar-refractivity contribution >= 4 is 11.6 Å². The molecule has 0 spiro atoms. The van der Waals surface area contributed by atoms with Crippen molar-refractivity contribution < 1.29 is 9.47 Å². The third-order valence-electron chi connectivity index (χ3n) is 3.12. The van der Waals surface area contributed by atoms with E-state index in [1.54, 1.807) is 0 Å². The summed E-state index contributed by atoms with van der Waals surface area (Å²) in [4.78, 5) is 0. The summed E-state index contributed by atoms with van der Waals surface area (Å²) in [5.74, 6) is 0. The van der Waals surface area contributed by atoms with Crippen molar-refractivity contribution in [2.24, 2.45) is 0 Å². The molecule has 0 aromatic heterocycles. The Kier molecular flexibility index (Phi) is 9.68. The summed E-state index contributed by atoms with van der Waals surface area (Å²) in [7, 11) is 0. The molecule has 1 N–H and O–H groups in total. The molecule has 1 atom stereocenters. The second-order valence-corrected chi connectivity index (χ2v) is 5.88. The molecule has 4 heteroatoms. The molecule has 0 aliphatic rings. The molecule has 0 bridgehead atoms. The maximum absolute atomic E-state index is 6.07. The maximum Gasteiger partial charge on any atom is 0.0950 e. The first kappa shape index (κ1) is 18.4. The van der Waals surface area contributed by atoms with Crippen LogP contribution >= 0.6 is 11.6 Å². The number of halogens is 1. The third-order valence-corrected chi connectivity index (χ3v) is 3.36. The summed E-state index contributed by atoms with van der Waals surface area (Å²) < 4.78 is 11.5. The van der Waals surface area contributed by atoms with Gasteiger partial charge in [-0.1, -0.05) is 50.9 Å². The fraction of sp³-hybridized carbons (Fsp3) is 0.647. The molecular weight excluding hydrogens is 286 g/mol. The quantitative estimate of drug-likeness (QED) is 0.621. The Morgan fingerprint density at radius 1 is 1.19 bits per heavy atom. The van der Waals surface area contributed by atoms with Gasteiger partial charge in [-0.2, -0.15) is 0 Å². The van der Waals surface area contributed by atoms with Gasteiger partial charge in [0.05, 0.1) is 19.3 Å². The predicted octanol–water partition coefficient (Wildman–Crippen LogP) is 4.21. The van der Waals surface area contributed by atoms with Crippen LogP contribution in [-0.4, -0.2) is 32.4 Å². The molecule has 120 valence electrons. The first-order valence-corrected chi connectivity index (χ1v) is 8.19. The largest absolute Gasteiger partial charge is 0.379 e. The van der Waals surface area contributed by atoms with Crippen LogP contribution in [0.5, 0.6) is 0 Å². The van der Waals surface area contributed by atoms with Gasteiger partial charge < -0.3 is 14.8 Å². The van der Waals surface area contributed by atoms with Crippen LogP contribution in [0.2, 0.25) is 5.02 Å². The van der Waals surface area contributed by atoms with Crippen LogP contribution in [0.25, 0.3) is 0 Å². The van der Waals surface area contributed by atoms with Crippen LogP contribution in [0, 0.1) is 0 Å². The van der Waals surface area contributed by atoms with Crippen molar-refractivity contribution in [2.45, 2.75) is 45.8 Å². The van der Waals surface area contributed by atoms with Gasteiger partial charge in [-0.05, 0) is 24.1 Å². The van der Waals surface area contributed by atoms with Gasteiger partial charge in [0.15, 0.2) is 0 Å². The fourth-order valence-electron chi connectivity index (χ4n) is 1.92. The number of nitrogens with one attached hydrogen (secondary N) is 1. The van der Waals surface area contributed by atoms with Crippen LogP contribution < -0.4 is 5.32 Å². The van der Waals surface area contributed by atoms with Crippen LogP contribution in [0.15, 0.2) is 24.3 Å². The summed E-state index contributed by atoms with van der Waals surface area (Å²) in [5, 5.41) is 4.16. The lowest BCUT2D eigenvalue weighted by atomic mass is 10.1. The number of unbranched alkanes of at least 4 members (excludes halogenated alkanes) is 1. The zero-order valence-electron chi connectivity index (χ0n) is 13.4. The monoisotopic (exact) mass is 313 g/mol. The number of ether oxygens (including phenoxy) is 2. The maximum atomic E-state index is 6.07. The molecule has 1 aromatic carbocycles. The molecule has 3 nitrogen and oxygen atoms in total. The predicted molar refractivity (Wildman–Crippen MR) is 89.0 cm³/mol. The van der Waals surface area contributed by atoms with Crippen molar-refractivity contribution in [1.82, 2.24) is 5.32 Å². The minimum atomic E-state index is 0.000810. The molecule has 0 saturated carbocycles. The summed E-state index contributed by atoms with van der Waals surface area (Å²) in [5.41, 5.74) is 1.10. The zero-order chi connectivity index (χ0) is 15.5. The first-order valence-electron chi connectivity index (χ1n) is 7.81. The normalized spacial score (nSPS) is 12.8. The number of benzene rings is 1. The second kappa shape index (κ2) is 11.0. The lowest BCUT2D eigenvalue weighted by molar-refractivity contribution is 0.00294. The molecule has 0 aliphatic carbocycles. The number of rotatable bonds is 11. The summed E-state index contributed by atoms with van der Waals surface area (Å²) >= 11 is 6.07. The van der Waals surface area contributed by atoms with Gasteiger partial charge in [-0.25, -0.2) is 0 Å². The van der Waals surface area contributed by atoms with Gasteiger partial charge in [-0.15, -0.1) is 0 Å². The fourth-order valence-corrected chi connectivity index (χ4v) is 2.12. The van der Waals surface area contributed by atoms with Gasteiger partial charge in [0.2, 0.25) is 0 Å². The van der Waals surface area contributed by atoms with Gasteiger partial charge in [0.1, 0.15) is 0 Å². The first-order chi connectivity index (χ1) is 10.1. The van der Waals surface area contributed by atoms with E-state index in [-0.39, 0.29) is 6.10 Å². The van der Waals surface area contributed by atoms with Crippen molar-refractivity contribution in [3.8, 4) is 0 Å². The van der Waals surface area contributed by atoms with Gasteiger partial charge in [0.25, 0.3) is 0 Å². The molecule has 1 unspecified atom stereocenters. The highest BCUT2D eigenvalue weighted by molar-refractivity contribution is 6.30. The van der Waals surface area contributed by atoms with Gasteiger partial charge in [0, 0.05) is 24.2 Å². The number of hydrogen-bond acceptors (Lipinski definition) is 3. The second-order valence-electron chi connectivity index (χ2n) is 5.44. The van der Waals surface area contributed by atoms with Gasteiger partial charge >= 0.3 is 0 Å². The smallest absolute Gasteiger partial charge is 0.0950 e. The molecule has 1 aromatic rings. The van der Waals surface area contributed by atoms with Crippen LogP contribution in [-0.2, 0) is 9.47 Å². The van der Waals surface area contributed by atoms with E-state index in [0.717, 1.165) is 36.6 Å². The Bertz CT molecular complexity index is 385. The highest BCUT2D eigenvalue weighted by atomic mass is 35.5. The molecule has 0 fully saturated rings. The molecule has 0 saturated heterocycles. The average Bonchev–Trinajstić information content (AvgIpc) is 2.45. The Morgan fingerprint density at radius 2 is 2.00 bits per heavy atom. The van der Waals surface area contributed by atoms with E-state index in [1.807, 2.05) is 18.2 Å². The zero-order valence-corrected chi connectivity index (χ0v) is 14.2. The van der Waals surface area contributed by atoms with Crippen molar-refractivity contribution in [2.75, 3.05) is 26.4 Å². The number of hydrogen-bond donors (Lipinski definition) is 1. The lowest BCUT2D eigenvalue weighted by Gasteiger charge is -2.20. The van der Waals surface area contributed by atoms with Crippen molar-refractivity contribution in [3.63, 3.8) is 0 Å². The SMILES string of the molecule is CCCCOCCOC(CNC(C)C)c1cccc(Cl)c1. The highest BCUT2D eigenvalue weighted by Crippen LogP contribution is 2.20. The minimum absolute atomic E-state index is 0.000810. The summed E-state index contributed by atoms with van der Waals surface area (Å²) in [6, 6.07) is 8.28. The van der Waals surface area contributed by atoms with Crippen LogP contribution in [0.4, 0.5) is 0 Å². The standard InChI is InChI=1S/C17H28ClNO2/c1-4-5-9-20-10-11-21-17(13-19-14(2)3)15-7-6-8-16(18)12-15/h6-8,12,14,17,19H,4-5,9-11,13H2,1-3H3. The molecule has 0 radical (unpaired) electrons. The highest BCUT2D eigenvalue weighted by Gasteiger charge is 2.13. The van der Waals surface area contributed by atoms with E-state index in [4.69, 9.17) is 21.1 Å². The van der Waals surface area contributed by atoms with E-state index in [0.29, 0.717) is 19.3 Å². The molecular formula is C17H28ClNO2. The van der Waals surface area contributed by atoms with Gasteiger partial charge in [-0.3, -0.25) is 0 Å². The average molecular weight is 314 g/mol. The van der Waals surface area contributed by atoms with Crippen molar-refractivity contribution in [1.29, 1.82) is 0 Å². The van der Waals surface area contributed by atoms with E-state index >= 15 is 0 Å². The topological polar surface area (TPSA) is 30.5 Å². The lowest BCUT2D eigenvalue weighted by Crippen LogP contribution is -2.29. The van der Waals surface area contributed by atoms with Crippen LogP contribution in [0.3, 0.4) is 0 Å². The molecule has 21 heavy (non-hydrogen) atoms. The van der Waals surface area contributed by atoms with E-state index in [2.05, 4.69) is 32.2 Å². The van der Waals surface area contributed by atoms with E-state index in [9.17, 15) is 0 Å². The van der Waals surface area contributed by atoms with Crippen LogP contribution in [0.1, 0.15) is 45.3 Å². The summed E-state index contributed by atoms with van der Waals surface area (Å²) in [6.45, 7) is 9.23. The molecule has 1 rings (SSSR count). The summed E-state index contributed by atoms with van der Waals surface area (Å²) in [6.07, 6.45) is 2.26. The third kappa shape index (κ3) is 8.42.